The Morgan fingerprint density at radius 3 is 1.72 bits per heavy atom. The predicted octanol–water partition coefficient (Wildman–Crippen LogP) is 11.9. The van der Waals surface area contributed by atoms with Crippen LogP contribution in [0.4, 0.5) is 0 Å². The van der Waals surface area contributed by atoms with Gasteiger partial charge in [-0.2, -0.15) is 0 Å². The van der Waals surface area contributed by atoms with Crippen molar-refractivity contribution in [2.75, 3.05) is 26.4 Å². The summed E-state index contributed by atoms with van der Waals surface area (Å²) in [6.45, 7) is 4.43. The average molecular weight is 869 g/mol. The molecule has 3 N–H and O–H groups in total. The zero-order chi connectivity index (χ0) is 44.4. The van der Waals surface area contributed by atoms with Crippen LogP contribution in [-0.2, 0) is 37.5 Å². The Kier molecular flexibility index (Phi) is 40.3. The van der Waals surface area contributed by atoms with Crippen LogP contribution in [0.1, 0.15) is 194 Å². The first kappa shape index (κ1) is 57.6. The van der Waals surface area contributed by atoms with E-state index in [0.717, 1.165) is 44.4 Å². The molecule has 1 unspecified atom stereocenters. The monoisotopic (exact) mass is 869 g/mol. The van der Waals surface area contributed by atoms with E-state index in [2.05, 4.69) is 49.6 Å². The van der Waals surface area contributed by atoms with Crippen molar-refractivity contribution in [3.05, 3.63) is 48.6 Å². The van der Waals surface area contributed by atoms with E-state index in [4.69, 9.17) is 19.1 Å². The van der Waals surface area contributed by atoms with E-state index < -0.39 is 58.4 Å². The van der Waals surface area contributed by atoms with Crippen molar-refractivity contribution in [3.8, 4) is 0 Å². The van der Waals surface area contributed by atoms with E-state index in [-0.39, 0.29) is 31.5 Å². The number of phosphoric acid groups is 1. The molecule has 3 atom stereocenters. The number of aliphatic hydroxyl groups is 2. The van der Waals surface area contributed by atoms with Crippen LogP contribution in [0.5, 0.6) is 0 Å². The number of ketones is 1. The maximum Gasteiger partial charge on any atom is 0.472 e. The first-order valence-corrected chi connectivity index (χ1v) is 24.9. The minimum Gasteiger partial charge on any atom is -0.462 e. The number of carbonyl (C=O) groups is 3. The highest BCUT2D eigenvalue weighted by atomic mass is 31.2. The van der Waals surface area contributed by atoms with Gasteiger partial charge in [0.1, 0.15) is 12.7 Å². The molecule has 0 saturated heterocycles. The summed E-state index contributed by atoms with van der Waals surface area (Å²) in [5.74, 6) is -0.499. The van der Waals surface area contributed by atoms with Crippen molar-refractivity contribution in [2.45, 2.75) is 206 Å². The molecule has 0 aromatic carbocycles. The summed E-state index contributed by atoms with van der Waals surface area (Å²) in [6, 6.07) is 0. The van der Waals surface area contributed by atoms with Gasteiger partial charge in [-0.1, -0.05) is 179 Å². The van der Waals surface area contributed by atoms with Crippen LogP contribution < -0.4 is 0 Å². The minimum absolute atomic E-state index is 0.105. The second-order valence-electron chi connectivity index (χ2n) is 16.3. The number of ether oxygens (including phenoxy) is 2. The van der Waals surface area contributed by atoms with Gasteiger partial charge in [0.15, 0.2) is 11.9 Å². The van der Waals surface area contributed by atoms with Gasteiger partial charge in [0.25, 0.3) is 0 Å². The second kappa shape index (κ2) is 41.9. The Bertz CT molecular complexity index is 1210. The molecule has 0 heterocycles. The van der Waals surface area contributed by atoms with Crippen LogP contribution in [0.3, 0.4) is 0 Å². The van der Waals surface area contributed by atoms with E-state index in [9.17, 15) is 28.9 Å². The Labute approximate surface area is 364 Å². The van der Waals surface area contributed by atoms with Gasteiger partial charge < -0.3 is 24.6 Å². The van der Waals surface area contributed by atoms with Gasteiger partial charge in [-0.15, -0.1) is 0 Å². The summed E-state index contributed by atoms with van der Waals surface area (Å²) in [4.78, 5) is 47.3. The number of hydrogen-bond acceptors (Lipinski definition) is 10. The Morgan fingerprint density at radius 2 is 1.13 bits per heavy atom. The summed E-state index contributed by atoms with van der Waals surface area (Å²) >= 11 is 0. The highest BCUT2D eigenvalue weighted by molar-refractivity contribution is 7.47. The first-order valence-electron chi connectivity index (χ1n) is 23.4. The number of phosphoric ester groups is 1. The molecule has 348 valence electrons. The molecule has 0 aromatic heterocycles. The zero-order valence-corrected chi connectivity index (χ0v) is 38.7. The molecule has 0 aliphatic carbocycles. The second-order valence-corrected chi connectivity index (χ2v) is 17.8. The van der Waals surface area contributed by atoms with Crippen molar-refractivity contribution in [1.29, 1.82) is 0 Å². The average Bonchev–Trinajstić information content (AvgIpc) is 3.22. The minimum atomic E-state index is -4.69. The number of aliphatic hydroxyl groups excluding tert-OH is 2. The molecule has 0 spiro atoms. The third kappa shape index (κ3) is 42.3. The van der Waals surface area contributed by atoms with E-state index in [1.54, 1.807) is 12.2 Å². The van der Waals surface area contributed by atoms with Gasteiger partial charge in [0, 0.05) is 19.3 Å². The quantitative estimate of drug-likeness (QED) is 0.0133. The number of esters is 2. The molecule has 0 radical (unpaired) electrons. The Balaban J connectivity index is 4.40. The largest absolute Gasteiger partial charge is 0.472 e. The van der Waals surface area contributed by atoms with Crippen molar-refractivity contribution >= 4 is 25.5 Å². The summed E-state index contributed by atoms with van der Waals surface area (Å²) < 4.78 is 32.6. The van der Waals surface area contributed by atoms with Gasteiger partial charge >= 0.3 is 19.8 Å². The molecule has 0 aromatic rings. The lowest BCUT2D eigenvalue weighted by molar-refractivity contribution is -0.161. The highest BCUT2D eigenvalue weighted by Gasteiger charge is 2.27. The molecule has 12 heteroatoms. The molecular weight excluding hydrogens is 783 g/mol. The van der Waals surface area contributed by atoms with Crippen LogP contribution in [0, 0.1) is 5.92 Å². The fourth-order valence-corrected chi connectivity index (χ4v) is 7.04. The molecule has 0 rings (SSSR count). The topological polar surface area (TPSA) is 166 Å². The molecular formula is C48H85O11P. The van der Waals surface area contributed by atoms with Crippen LogP contribution in [0.2, 0.25) is 0 Å². The van der Waals surface area contributed by atoms with Gasteiger partial charge in [-0.05, 0) is 50.5 Å². The van der Waals surface area contributed by atoms with Gasteiger partial charge in [-0.25, -0.2) is 4.57 Å². The van der Waals surface area contributed by atoms with E-state index >= 15 is 0 Å². The zero-order valence-electron chi connectivity index (χ0n) is 37.8. The van der Waals surface area contributed by atoms with Gasteiger partial charge in [-0.3, -0.25) is 23.4 Å². The molecule has 60 heavy (non-hydrogen) atoms. The molecule has 0 saturated carbocycles. The molecule has 0 aliphatic rings. The summed E-state index contributed by atoms with van der Waals surface area (Å²) in [6.07, 6.45) is 40.9. The maximum atomic E-state index is 12.6. The number of allylic oxidation sites excluding steroid dienone is 8. The van der Waals surface area contributed by atoms with Crippen LogP contribution >= 0.6 is 7.82 Å². The summed E-state index contributed by atoms with van der Waals surface area (Å²) in [5.41, 5.74) is 0. The maximum absolute atomic E-state index is 12.6. The Morgan fingerprint density at radius 1 is 0.600 bits per heavy atom. The van der Waals surface area contributed by atoms with Crippen LogP contribution in [0.15, 0.2) is 48.6 Å². The van der Waals surface area contributed by atoms with Crippen molar-refractivity contribution in [2.24, 2.45) is 5.92 Å². The van der Waals surface area contributed by atoms with E-state index in [1.807, 2.05) is 6.08 Å². The molecule has 0 aliphatic heterocycles. The third-order valence-electron chi connectivity index (χ3n) is 9.89. The van der Waals surface area contributed by atoms with Gasteiger partial charge in [0.05, 0.1) is 19.8 Å². The fourth-order valence-electron chi connectivity index (χ4n) is 6.25. The molecule has 0 amide bonds. The summed E-state index contributed by atoms with van der Waals surface area (Å²) in [5, 5.41) is 18.3. The lowest BCUT2D eigenvalue weighted by atomic mass is 10.0. The van der Waals surface area contributed by atoms with E-state index in [0.29, 0.717) is 6.42 Å². The highest BCUT2D eigenvalue weighted by Crippen LogP contribution is 2.43. The molecule has 0 bridgehead atoms. The first-order chi connectivity index (χ1) is 29.0. The SMILES string of the molecule is CCCCC/C=C\C/C=C\C/C=C\C=C\C(=O)CCCC(=O)O[C@H](COC(=O)CCCCCCCCCCCCCCCCCCC(C)C)COP(=O)(O)OC[C@@H](O)CO. The summed E-state index contributed by atoms with van der Waals surface area (Å²) in [7, 11) is -4.69. The number of unbranched alkanes of at least 4 members (excludes halogenated alkanes) is 18. The van der Waals surface area contributed by atoms with E-state index in [1.165, 1.54) is 109 Å². The van der Waals surface area contributed by atoms with Gasteiger partial charge in [0.2, 0.25) is 0 Å². The number of hydrogen-bond donors (Lipinski definition) is 3. The lowest BCUT2D eigenvalue weighted by Gasteiger charge is -2.20. The molecule has 11 nitrogen and oxygen atoms in total. The standard InChI is InChI=1S/C48H85O11P/c1-4-5-6-7-8-9-10-15-19-22-25-28-31-35-44(50)36-33-38-48(53)59-46(42-58-60(54,55)57-40-45(51)39-49)41-56-47(52)37-32-29-26-23-20-17-14-12-11-13-16-18-21-24-27-30-34-43(2)3/h8-9,15,19,25,28,31,35,43,45-46,49,51H,4-7,10-14,16-18,20-24,26-27,29-30,32-34,36-42H2,1-3H3,(H,54,55)/b9-8-,19-15-,28-25-,35-31+/t45-,46+/m0/s1. The normalized spacial score (nSPS) is 14.2. The predicted molar refractivity (Wildman–Crippen MR) is 242 cm³/mol. The fraction of sp³-hybridized carbons (Fsp3) is 0.771. The van der Waals surface area contributed by atoms with Crippen molar-refractivity contribution in [1.82, 2.24) is 0 Å². The smallest absolute Gasteiger partial charge is 0.462 e. The third-order valence-corrected chi connectivity index (χ3v) is 10.8. The Hall–Kier alpha value is -2.40. The number of carbonyl (C=O) groups excluding carboxylic acids is 3. The molecule has 0 fully saturated rings. The van der Waals surface area contributed by atoms with Crippen LogP contribution in [0.25, 0.3) is 0 Å². The van der Waals surface area contributed by atoms with Crippen molar-refractivity contribution in [3.63, 3.8) is 0 Å². The van der Waals surface area contributed by atoms with Crippen molar-refractivity contribution < 1.29 is 52.6 Å². The lowest BCUT2D eigenvalue weighted by Crippen LogP contribution is -2.30. The number of rotatable bonds is 43. The van der Waals surface area contributed by atoms with Crippen LogP contribution in [-0.4, -0.2) is 71.5 Å².